The maximum atomic E-state index is 13.4. The van der Waals surface area contributed by atoms with E-state index in [9.17, 15) is 26.7 Å². The van der Waals surface area contributed by atoms with Gasteiger partial charge < -0.3 is 4.74 Å². The monoisotopic (exact) mass is 304 g/mol. The molecule has 0 aliphatic heterocycles. The smallest absolute Gasteiger partial charge is 0.315 e. The van der Waals surface area contributed by atoms with Crippen LogP contribution >= 0.6 is 0 Å². The molecule has 21 heavy (non-hydrogen) atoms. The molecule has 2 aliphatic rings. The highest BCUT2D eigenvalue weighted by Crippen LogP contribution is 2.44. The Morgan fingerprint density at radius 3 is 1.95 bits per heavy atom. The van der Waals surface area contributed by atoms with Gasteiger partial charge in [0.2, 0.25) is 34.8 Å². The maximum Gasteiger partial charge on any atom is 0.315 e. The number of carbonyl (C=O) groups excluding carboxylic acids is 1. The number of ether oxygens (including phenoxy) is 1. The zero-order valence-corrected chi connectivity index (χ0v) is 10.5. The molecule has 0 aromatic heterocycles. The Morgan fingerprint density at radius 2 is 1.48 bits per heavy atom. The van der Waals surface area contributed by atoms with Crippen LogP contribution in [0.1, 0.15) is 12.8 Å². The highest BCUT2D eigenvalue weighted by atomic mass is 19.2. The fraction of sp³-hybridized carbons (Fsp3) is 0.357. The van der Waals surface area contributed by atoms with E-state index in [0.29, 0.717) is 6.42 Å². The summed E-state index contributed by atoms with van der Waals surface area (Å²) in [6, 6.07) is 0. The molecule has 7 heteroatoms. The molecule has 0 radical (unpaired) electrons. The molecular formula is C14H9F5O2. The van der Waals surface area contributed by atoms with E-state index in [2.05, 4.69) is 4.74 Å². The predicted molar refractivity (Wildman–Crippen MR) is 60.7 cm³/mol. The van der Waals surface area contributed by atoms with E-state index in [4.69, 9.17) is 0 Å². The average Bonchev–Trinajstić information content (AvgIpc) is 3.10. The first-order valence-corrected chi connectivity index (χ1v) is 6.31. The van der Waals surface area contributed by atoms with Crippen LogP contribution < -0.4 is 4.74 Å². The summed E-state index contributed by atoms with van der Waals surface area (Å²) in [7, 11) is 0. The third-order valence-corrected chi connectivity index (χ3v) is 3.95. The number of allylic oxidation sites excluding steroid dienone is 2. The standard InChI is InChI=1S/C14H9F5O2/c15-8-9(16)11(18)13(12(19)10(8)17)21-14(20)7-4-5-1-2-6(7)3-5/h1-2,5-7H,3-4H2. The topological polar surface area (TPSA) is 26.3 Å². The Kier molecular flexibility index (Phi) is 3.22. The number of fused-ring (bicyclic) bond motifs is 2. The number of hydrogen-bond acceptors (Lipinski definition) is 2. The number of halogens is 5. The quantitative estimate of drug-likeness (QED) is 0.209. The van der Waals surface area contributed by atoms with Gasteiger partial charge in [0.15, 0.2) is 0 Å². The molecule has 112 valence electrons. The first-order valence-electron chi connectivity index (χ1n) is 6.31. The third kappa shape index (κ3) is 2.11. The minimum atomic E-state index is -2.28. The van der Waals surface area contributed by atoms with Crippen LogP contribution in [-0.4, -0.2) is 5.97 Å². The number of esters is 1. The Morgan fingerprint density at radius 1 is 0.905 bits per heavy atom. The number of benzene rings is 1. The van der Waals surface area contributed by atoms with Gasteiger partial charge in [-0.25, -0.2) is 13.2 Å². The Labute approximate surface area is 116 Å². The lowest BCUT2D eigenvalue weighted by molar-refractivity contribution is -0.140. The minimum absolute atomic E-state index is 0.108. The minimum Gasteiger partial charge on any atom is -0.420 e. The summed E-state index contributed by atoms with van der Waals surface area (Å²) in [5, 5.41) is 0. The Bertz CT molecular complexity index is 626. The fourth-order valence-electron chi connectivity index (χ4n) is 2.90. The Balaban J connectivity index is 1.89. The van der Waals surface area contributed by atoms with Crippen LogP contribution in [0.4, 0.5) is 22.0 Å². The lowest BCUT2D eigenvalue weighted by Crippen LogP contribution is -2.25. The number of hydrogen-bond donors (Lipinski definition) is 0. The van der Waals surface area contributed by atoms with Crippen molar-refractivity contribution in [1.29, 1.82) is 0 Å². The summed E-state index contributed by atoms with van der Waals surface area (Å²) in [5.41, 5.74) is 0. The van der Waals surface area contributed by atoms with E-state index in [1.165, 1.54) is 0 Å². The summed E-state index contributed by atoms with van der Waals surface area (Å²) >= 11 is 0. The molecule has 2 nitrogen and oxygen atoms in total. The van der Waals surface area contributed by atoms with Crippen molar-refractivity contribution < 1.29 is 31.5 Å². The van der Waals surface area contributed by atoms with Crippen LogP contribution in [0.5, 0.6) is 5.75 Å². The molecular weight excluding hydrogens is 295 g/mol. The molecule has 0 N–H and O–H groups in total. The molecule has 2 bridgehead atoms. The van der Waals surface area contributed by atoms with Crippen LogP contribution in [0, 0.1) is 46.8 Å². The second kappa shape index (κ2) is 4.82. The molecule has 1 saturated carbocycles. The molecule has 2 aliphatic carbocycles. The van der Waals surface area contributed by atoms with Crippen molar-refractivity contribution >= 4 is 5.97 Å². The van der Waals surface area contributed by atoms with E-state index in [1.807, 2.05) is 6.08 Å². The summed E-state index contributed by atoms with van der Waals surface area (Å²) in [6.07, 6.45) is 4.93. The van der Waals surface area contributed by atoms with Crippen molar-refractivity contribution in [3.63, 3.8) is 0 Å². The predicted octanol–water partition coefficient (Wildman–Crippen LogP) is 3.50. The molecule has 1 aromatic rings. The zero-order valence-electron chi connectivity index (χ0n) is 10.5. The summed E-state index contributed by atoms with van der Waals surface area (Å²) in [4.78, 5) is 11.9. The van der Waals surface area contributed by atoms with E-state index in [1.54, 1.807) is 6.08 Å². The maximum absolute atomic E-state index is 13.4. The molecule has 0 saturated heterocycles. The third-order valence-electron chi connectivity index (χ3n) is 3.95. The van der Waals surface area contributed by atoms with E-state index in [0.717, 1.165) is 6.42 Å². The van der Waals surface area contributed by atoms with Crippen molar-refractivity contribution in [2.45, 2.75) is 12.8 Å². The highest BCUT2D eigenvalue weighted by Gasteiger charge is 2.42. The van der Waals surface area contributed by atoms with Crippen molar-refractivity contribution in [3.05, 3.63) is 41.2 Å². The summed E-state index contributed by atoms with van der Waals surface area (Å²) < 4.78 is 70.2. The van der Waals surface area contributed by atoms with Gasteiger partial charge in [0, 0.05) is 0 Å². The molecule has 3 unspecified atom stereocenters. The molecule has 1 fully saturated rings. The van der Waals surface area contributed by atoms with Crippen molar-refractivity contribution in [3.8, 4) is 5.75 Å². The zero-order chi connectivity index (χ0) is 15.3. The van der Waals surface area contributed by atoms with Crippen molar-refractivity contribution in [2.24, 2.45) is 17.8 Å². The van der Waals surface area contributed by atoms with Gasteiger partial charge >= 0.3 is 5.97 Å². The first kappa shape index (κ1) is 14.0. The van der Waals surface area contributed by atoms with Crippen molar-refractivity contribution in [1.82, 2.24) is 0 Å². The number of carbonyl (C=O) groups is 1. The average molecular weight is 304 g/mol. The van der Waals surface area contributed by atoms with Crippen LogP contribution in [0.25, 0.3) is 0 Å². The summed E-state index contributed by atoms with van der Waals surface area (Å²) in [6.45, 7) is 0. The van der Waals surface area contributed by atoms with E-state index >= 15 is 0 Å². The molecule has 1 aromatic carbocycles. The van der Waals surface area contributed by atoms with Gasteiger partial charge in [-0.05, 0) is 24.7 Å². The summed E-state index contributed by atoms with van der Waals surface area (Å²) in [5.74, 6) is -13.9. The molecule has 3 atom stereocenters. The van der Waals surface area contributed by atoms with Gasteiger partial charge in [-0.1, -0.05) is 12.2 Å². The normalized spacial score (nSPS) is 26.4. The van der Waals surface area contributed by atoms with Crippen LogP contribution in [0.2, 0.25) is 0 Å². The Hall–Kier alpha value is -1.92. The van der Waals surface area contributed by atoms with Gasteiger partial charge in [-0.15, -0.1) is 0 Å². The molecule has 0 heterocycles. The van der Waals surface area contributed by atoms with Gasteiger partial charge in [-0.2, -0.15) is 8.78 Å². The molecule has 0 amide bonds. The largest absolute Gasteiger partial charge is 0.420 e. The second-order valence-corrected chi connectivity index (χ2v) is 5.21. The lowest BCUT2D eigenvalue weighted by Gasteiger charge is -2.17. The first-order chi connectivity index (χ1) is 9.90. The van der Waals surface area contributed by atoms with E-state index < -0.39 is 46.7 Å². The fourth-order valence-corrected chi connectivity index (χ4v) is 2.90. The van der Waals surface area contributed by atoms with E-state index in [-0.39, 0.29) is 11.8 Å². The lowest BCUT2D eigenvalue weighted by atomic mass is 9.94. The van der Waals surface area contributed by atoms with Gasteiger partial charge in [0.05, 0.1) is 5.92 Å². The van der Waals surface area contributed by atoms with Crippen LogP contribution in [0.3, 0.4) is 0 Å². The second-order valence-electron chi connectivity index (χ2n) is 5.21. The van der Waals surface area contributed by atoms with Gasteiger partial charge in [0.1, 0.15) is 0 Å². The highest BCUT2D eigenvalue weighted by molar-refractivity contribution is 5.76. The SMILES string of the molecule is O=C(Oc1c(F)c(F)c(F)c(F)c1F)C1CC2C=CC1C2. The van der Waals surface area contributed by atoms with Crippen LogP contribution in [0.15, 0.2) is 12.2 Å². The van der Waals surface area contributed by atoms with Crippen molar-refractivity contribution in [2.75, 3.05) is 0 Å². The molecule has 3 rings (SSSR count). The number of rotatable bonds is 2. The van der Waals surface area contributed by atoms with Gasteiger partial charge in [0.25, 0.3) is 0 Å². The van der Waals surface area contributed by atoms with Crippen LogP contribution in [-0.2, 0) is 4.79 Å². The van der Waals surface area contributed by atoms with Gasteiger partial charge in [-0.3, -0.25) is 4.79 Å². The molecule has 0 spiro atoms.